The predicted octanol–water partition coefficient (Wildman–Crippen LogP) is 3.51. The highest BCUT2D eigenvalue weighted by Gasteiger charge is 2.14. The zero-order chi connectivity index (χ0) is 16.7. The topological polar surface area (TPSA) is 60.1 Å². The molecule has 118 valence electrons. The third kappa shape index (κ3) is 2.41. The SMILES string of the molecule is Cc1cc(C)c2c(n1)sc1c(=O)n(N=Cc3ccccc3)cnc12. The Hall–Kier alpha value is -2.86. The van der Waals surface area contributed by atoms with Crippen molar-refractivity contribution in [3.63, 3.8) is 0 Å². The highest BCUT2D eigenvalue weighted by molar-refractivity contribution is 7.25. The molecule has 0 aliphatic heterocycles. The summed E-state index contributed by atoms with van der Waals surface area (Å²) < 4.78 is 1.85. The molecular weight excluding hydrogens is 320 g/mol. The van der Waals surface area contributed by atoms with Crippen LogP contribution in [0.15, 0.2) is 52.6 Å². The van der Waals surface area contributed by atoms with Gasteiger partial charge in [0.1, 0.15) is 15.9 Å². The maximum atomic E-state index is 12.7. The van der Waals surface area contributed by atoms with Crippen molar-refractivity contribution in [3.05, 3.63) is 69.9 Å². The van der Waals surface area contributed by atoms with Gasteiger partial charge in [0.05, 0.1) is 11.7 Å². The summed E-state index contributed by atoms with van der Waals surface area (Å²) in [5.41, 5.74) is 3.48. The molecule has 4 rings (SSSR count). The second-order valence-electron chi connectivity index (χ2n) is 5.59. The molecule has 0 bridgehead atoms. The van der Waals surface area contributed by atoms with Gasteiger partial charge in [0.15, 0.2) is 0 Å². The van der Waals surface area contributed by atoms with Crippen LogP contribution in [0.3, 0.4) is 0 Å². The van der Waals surface area contributed by atoms with Gasteiger partial charge in [0.2, 0.25) is 0 Å². The van der Waals surface area contributed by atoms with Gasteiger partial charge < -0.3 is 0 Å². The Kier molecular flexibility index (Phi) is 3.46. The summed E-state index contributed by atoms with van der Waals surface area (Å²) in [7, 11) is 0. The molecule has 0 spiro atoms. The van der Waals surface area contributed by atoms with Crippen LogP contribution in [-0.4, -0.2) is 20.9 Å². The quantitative estimate of drug-likeness (QED) is 0.527. The zero-order valence-electron chi connectivity index (χ0n) is 13.2. The van der Waals surface area contributed by atoms with E-state index in [1.165, 1.54) is 22.3 Å². The lowest BCUT2D eigenvalue weighted by Crippen LogP contribution is -2.15. The van der Waals surface area contributed by atoms with Crippen LogP contribution in [0.1, 0.15) is 16.8 Å². The third-order valence-electron chi connectivity index (χ3n) is 3.79. The second kappa shape index (κ2) is 5.65. The standard InChI is InChI=1S/C18H14N4OS/c1-11-8-12(2)21-17-14(11)15-16(24-17)18(23)22(10-19-15)20-9-13-6-4-3-5-7-13/h3-10H,1-2H3. The zero-order valence-corrected chi connectivity index (χ0v) is 14.0. The molecule has 0 aliphatic rings. The van der Waals surface area contributed by atoms with E-state index in [1.54, 1.807) is 6.21 Å². The molecule has 1 aromatic carbocycles. The highest BCUT2D eigenvalue weighted by atomic mass is 32.1. The number of pyridine rings is 1. The van der Waals surface area contributed by atoms with Crippen LogP contribution in [0.2, 0.25) is 0 Å². The van der Waals surface area contributed by atoms with Gasteiger partial charge >= 0.3 is 0 Å². The molecule has 0 saturated carbocycles. The number of rotatable bonds is 2. The number of benzene rings is 1. The summed E-state index contributed by atoms with van der Waals surface area (Å²) in [4.78, 5) is 22.5. The van der Waals surface area contributed by atoms with Gasteiger partial charge in [0, 0.05) is 11.1 Å². The number of aryl methyl sites for hydroxylation is 2. The van der Waals surface area contributed by atoms with Crippen LogP contribution in [0.5, 0.6) is 0 Å². The van der Waals surface area contributed by atoms with E-state index < -0.39 is 0 Å². The number of fused-ring (bicyclic) bond motifs is 3. The fourth-order valence-electron chi connectivity index (χ4n) is 2.71. The summed E-state index contributed by atoms with van der Waals surface area (Å²) in [6.07, 6.45) is 3.12. The van der Waals surface area contributed by atoms with Gasteiger partial charge in [-0.25, -0.2) is 9.97 Å². The molecule has 0 atom stereocenters. The molecule has 0 aliphatic carbocycles. The molecule has 3 heterocycles. The smallest absolute Gasteiger partial charge is 0.266 e. The number of thiophene rings is 1. The van der Waals surface area contributed by atoms with Crippen molar-refractivity contribution in [2.45, 2.75) is 13.8 Å². The molecule has 0 N–H and O–H groups in total. The highest BCUT2D eigenvalue weighted by Crippen LogP contribution is 2.31. The van der Waals surface area contributed by atoms with E-state index in [2.05, 4.69) is 15.1 Å². The monoisotopic (exact) mass is 334 g/mol. The molecule has 0 fully saturated rings. The van der Waals surface area contributed by atoms with Crippen molar-refractivity contribution in [2.24, 2.45) is 5.10 Å². The number of nitrogens with zero attached hydrogens (tertiary/aromatic N) is 4. The lowest BCUT2D eigenvalue weighted by molar-refractivity contribution is 0.819. The largest absolute Gasteiger partial charge is 0.291 e. The lowest BCUT2D eigenvalue weighted by Gasteiger charge is -1.99. The van der Waals surface area contributed by atoms with E-state index in [0.29, 0.717) is 10.2 Å². The van der Waals surface area contributed by atoms with Gasteiger partial charge in [-0.05, 0) is 31.0 Å². The Balaban J connectivity index is 1.90. The summed E-state index contributed by atoms with van der Waals surface area (Å²) in [6.45, 7) is 3.97. The first kappa shape index (κ1) is 14.7. The molecule has 3 aromatic heterocycles. The first-order chi connectivity index (χ1) is 11.6. The summed E-state index contributed by atoms with van der Waals surface area (Å²) >= 11 is 1.37. The summed E-state index contributed by atoms with van der Waals surface area (Å²) in [5, 5.41) is 5.19. The van der Waals surface area contributed by atoms with Crippen LogP contribution in [0.4, 0.5) is 0 Å². The molecule has 24 heavy (non-hydrogen) atoms. The van der Waals surface area contributed by atoms with E-state index in [-0.39, 0.29) is 5.56 Å². The molecule has 0 radical (unpaired) electrons. The van der Waals surface area contributed by atoms with Crippen LogP contribution in [0.25, 0.3) is 20.4 Å². The number of hydrogen-bond donors (Lipinski definition) is 0. The number of hydrogen-bond acceptors (Lipinski definition) is 5. The van der Waals surface area contributed by atoms with Crippen molar-refractivity contribution in [2.75, 3.05) is 0 Å². The fourth-order valence-corrected chi connectivity index (χ4v) is 3.89. The van der Waals surface area contributed by atoms with Gasteiger partial charge in [-0.2, -0.15) is 9.78 Å². The van der Waals surface area contributed by atoms with Gasteiger partial charge in [-0.3, -0.25) is 4.79 Å². The van der Waals surface area contributed by atoms with Crippen LogP contribution >= 0.6 is 11.3 Å². The molecule has 5 nitrogen and oxygen atoms in total. The van der Waals surface area contributed by atoms with E-state index in [9.17, 15) is 4.79 Å². The molecule has 6 heteroatoms. The first-order valence-corrected chi connectivity index (χ1v) is 8.32. The maximum Gasteiger partial charge on any atom is 0.291 e. The number of aromatic nitrogens is 3. The van der Waals surface area contributed by atoms with Crippen molar-refractivity contribution in [3.8, 4) is 0 Å². The van der Waals surface area contributed by atoms with E-state index in [0.717, 1.165) is 27.0 Å². The van der Waals surface area contributed by atoms with Gasteiger partial charge in [0.25, 0.3) is 5.56 Å². The summed E-state index contributed by atoms with van der Waals surface area (Å²) in [5.74, 6) is 0. The van der Waals surface area contributed by atoms with Crippen LogP contribution in [0, 0.1) is 13.8 Å². The Labute approximate surface area is 141 Å². The minimum Gasteiger partial charge on any atom is -0.266 e. The normalized spacial score (nSPS) is 11.8. The fraction of sp³-hybridized carbons (Fsp3) is 0.111. The van der Waals surface area contributed by atoms with Gasteiger partial charge in [-0.1, -0.05) is 30.3 Å². The maximum absolute atomic E-state index is 12.7. The molecule has 0 saturated heterocycles. The minimum atomic E-state index is -0.174. The summed E-state index contributed by atoms with van der Waals surface area (Å²) in [6, 6.07) is 11.6. The van der Waals surface area contributed by atoms with Crippen molar-refractivity contribution >= 4 is 38.0 Å². The van der Waals surface area contributed by atoms with Crippen molar-refractivity contribution in [1.82, 2.24) is 14.6 Å². The van der Waals surface area contributed by atoms with E-state index >= 15 is 0 Å². The van der Waals surface area contributed by atoms with E-state index in [1.807, 2.05) is 50.2 Å². The average Bonchev–Trinajstić information content (AvgIpc) is 2.94. The Bertz CT molecular complexity index is 1140. The Morgan fingerprint density at radius 2 is 2.00 bits per heavy atom. The molecule has 4 aromatic rings. The van der Waals surface area contributed by atoms with Crippen LogP contribution < -0.4 is 5.56 Å². The van der Waals surface area contributed by atoms with Crippen molar-refractivity contribution < 1.29 is 0 Å². The van der Waals surface area contributed by atoms with E-state index in [4.69, 9.17) is 0 Å². The Morgan fingerprint density at radius 1 is 1.21 bits per heavy atom. The van der Waals surface area contributed by atoms with Gasteiger partial charge in [-0.15, -0.1) is 11.3 Å². The Morgan fingerprint density at radius 3 is 2.79 bits per heavy atom. The first-order valence-electron chi connectivity index (χ1n) is 7.51. The molecular formula is C18H14N4OS. The third-order valence-corrected chi connectivity index (χ3v) is 4.85. The lowest BCUT2D eigenvalue weighted by atomic mass is 10.1. The minimum absolute atomic E-state index is 0.174. The van der Waals surface area contributed by atoms with Crippen LogP contribution in [-0.2, 0) is 0 Å². The second-order valence-corrected chi connectivity index (χ2v) is 6.59. The van der Waals surface area contributed by atoms with Crippen molar-refractivity contribution in [1.29, 1.82) is 0 Å². The molecule has 0 unspecified atom stereocenters. The predicted molar refractivity (Wildman–Crippen MR) is 98.1 cm³/mol. The average molecular weight is 334 g/mol. The molecule has 0 amide bonds.